The van der Waals surface area contributed by atoms with Crippen molar-refractivity contribution in [2.24, 2.45) is 0 Å². The molecule has 0 saturated heterocycles. The van der Waals surface area contributed by atoms with Gasteiger partial charge in [-0.15, -0.1) is 0 Å². The number of hydrogen-bond donors (Lipinski definition) is 0. The molecule has 0 bridgehead atoms. The highest BCUT2D eigenvalue weighted by Crippen LogP contribution is 2.31. The van der Waals surface area contributed by atoms with E-state index in [-0.39, 0.29) is 0 Å². The number of fused-ring (bicyclic) bond motifs is 1. The maximum absolute atomic E-state index is 2.29. The Kier molecular flexibility index (Phi) is 3.00. The Morgan fingerprint density at radius 2 is 1.00 bits per heavy atom. The van der Waals surface area contributed by atoms with Crippen LogP contribution in [0.15, 0.2) is 36.4 Å². The monoisotopic (exact) mass is 212 g/mol. The van der Waals surface area contributed by atoms with Crippen LogP contribution in [0.5, 0.6) is 0 Å². The lowest BCUT2D eigenvalue weighted by Gasteiger charge is -2.15. The third-order valence-electron chi connectivity index (χ3n) is 3.24. The second kappa shape index (κ2) is 4.29. The van der Waals surface area contributed by atoms with E-state index in [1.54, 1.807) is 0 Å². The highest BCUT2D eigenvalue weighted by atomic mass is 14.1. The topological polar surface area (TPSA) is 0 Å². The van der Waals surface area contributed by atoms with E-state index in [1.165, 1.54) is 21.9 Å². The van der Waals surface area contributed by atoms with Gasteiger partial charge in [0.25, 0.3) is 0 Å². The first-order valence-electron chi connectivity index (χ1n) is 6.12. The lowest BCUT2D eigenvalue weighted by molar-refractivity contribution is 0.859. The lowest BCUT2D eigenvalue weighted by atomic mass is 9.89. The fourth-order valence-corrected chi connectivity index (χ4v) is 2.35. The summed E-state index contributed by atoms with van der Waals surface area (Å²) in [5.74, 6) is 1.18. The van der Waals surface area contributed by atoms with E-state index in [1.807, 2.05) is 0 Å². The first kappa shape index (κ1) is 11.2. The van der Waals surface area contributed by atoms with Crippen LogP contribution in [0, 0.1) is 0 Å². The first-order chi connectivity index (χ1) is 7.61. The van der Waals surface area contributed by atoms with E-state index >= 15 is 0 Å². The van der Waals surface area contributed by atoms with Crippen LogP contribution < -0.4 is 0 Å². The van der Waals surface area contributed by atoms with Gasteiger partial charge in [0, 0.05) is 0 Å². The zero-order chi connectivity index (χ0) is 11.7. The number of hydrogen-bond acceptors (Lipinski definition) is 0. The predicted octanol–water partition coefficient (Wildman–Crippen LogP) is 5.09. The second-order valence-electron chi connectivity index (χ2n) is 5.10. The van der Waals surface area contributed by atoms with Gasteiger partial charge < -0.3 is 0 Å². The summed E-state index contributed by atoms with van der Waals surface area (Å²) in [5.41, 5.74) is 2.92. The molecule has 0 heterocycles. The molecule has 0 fully saturated rings. The normalized spacial score (nSPS) is 11.6. The fraction of sp³-hybridized carbons (Fsp3) is 0.375. The van der Waals surface area contributed by atoms with Crippen molar-refractivity contribution in [3.8, 4) is 0 Å². The van der Waals surface area contributed by atoms with Gasteiger partial charge in [-0.2, -0.15) is 0 Å². The molecule has 0 unspecified atom stereocenters. The molecule has 0 heteroatoms. The number of rotatable bonds is 2. The van der Waals surface area contributed by atoms with Crippen LogP contribution in [-0.4, -0.2) is 0 Å². The molecule has 0 radical (unpaired) electrons. The highest BCUT2D eigenvalue weighted by Gasteiger charge is 2.09. The molecule has 0 aliphatic carbocycles. The van der Waals surface area contributed by atoms with E-state index in [0.717, 1.165) is 0 Å². The van der Waals surface area contributed by atoms with Crippen LogP contribution in [0.2, 0.25) is 0 Å². The van der Waals surface area contributed by atoms with Gasteiger partial charge in [-0.3, -0.25) is 0 Å². The van der Waals surface area contributed by atoms with E-state index in [2.05, 4.69) is 64.1 Å². The summed E-state index contributed by atoms with van der Waals surface area (Å²) in [4.78, 5) is 0. The van der Waals surface area contributed by atoms with Crippen LogP contribution in [0.25, 0.3) is 10.8 Å². The second-order valence-corrected chi connectivity index (χ2v) is 5.10. The summed E-state index contributed by atoms with van der Waals surface area (Å²) in [6, 6.07) is 13.4. The molecular weight excluding hydrogens is 192 g/mol. The molecule has 0 spiro atoms. The summed E-state index contributed by atoms with van der Waals surface area (Å²) in [5, 5.41) is 2.84. The molecule has 16 heavy (non-hydrogen) atoms. The van der Waals surface area contributed by atoms with Crippen molar-refractivity contribution in [3.63, 3.8) is 0 Å². The van der Waals surface area contributed by atoms with Gasteiger partial charge in [0.15, 0.2) is 0 Å². The van der Waals surface area contributed by atoms with Gasteiger partial charge in [0.2, 0.25) is 0 Å². The quantitative estimate of drug-likeness (QED) is 0.650. The van der Waals surface area contributed by atoms with Gasteiger partial charge in [0.1, 0.15) is 0 Å². The van der Waals surface area contributed by atoms with Crippen molar-refractivity contribution in [2.75, 3.05) is 0 Å². The summed E-state index contributed by atoms with van der Waals surface area (Å²) in [6.45, 7) is 9.04. The summed E-state index contributed by atoms with van der Waals surface area (Å²) in [6.07, 6.45) is 0. The smallest absolute Gasteiger partial charge is 0.0146 e. The van der Waals surface area contributed by atoms with E-state index < -0.39 is 0 Å². The SMILES string of the molecule is CC(C)c1ccc(C(C)C)c2ccccc12. The number of benzene rings is 2. The molecule has 0 amide bonds. The molecule has 0 aromatic heterocycles. The Morgan fingerprint density at radius 1 is 0.625 bits per heavy atom. The fourth-order valence-electron chi connectivity index (χ4n) is 2.35. The minimum Gasteiger partial charge on any atom is -0.0616 e. The van der Waals surface area contributed by atoms with Crippen molar-refractivity contribution in [1.29, 1.82) is 0 Å². The summed E-state index contributed by atoms with van der Waals surface area (Å²) >= 11 is 0. The van der Waals surface area contributed by atoms with Crippen LogP contribution >= 0.6 is 0 Å². The van der Waals surface area contributed by atoms with Gasteiger partial charge in [-0.25, -0.2) is 0 Å². The molecule has 84 valence electrons. The molecular formula is C16H20. The highest BCUT2D eigenvalue weighted by molar-refractivity contribution is 5.89. The minimum absolute atomic E-state index is 0.589. The molecule has 0 aliphatic heterocycles. The Bertz CT molecular complexity index is 446. The molecule has 0 aliphatic rings. The maximum atomic E-state index is 2.29. The third kappa shape index (κ3) is 1.84. The van der Waals surface area contributed by atoms with Gasteiger partial charge in [-0.05, 0) is 33.7 Å². The van der Waals surface area contributed by atoms with Crippen molar-refractivity contribution in [2.45, 2.75) is 39.5 Å². The minimum atomic E-state index is 0.589. The summed E-state index contributed by atoms with van der Waals surface area (Å²) in [7, 11) is 0. The van der Waals surface area contributed by atoms with Gasteiger partial charge >= 0.3 is 0 Å². The van der Waals surface area contributed by atoms with Crippen LogP contribution in [0.1, 0.15) is 50.7 Å². The Labute approximate surface area is 98.3 Å². The molecule has 0 N–H and O–H groups in total. The average molecular weight is 212 g/mol. The standard InChI is InChI=1S/C16H20/c1-11(2)13-9-10-14(12(3)4)16-8-6-5-7-15(13)16/h5-12H,1-4H3. The zero-order valence-corrected chi connectivity index (χ0v) is 10.6. The molecule has 0 saturated carbocycles. The van der Waals surface area contributed by atoms with Crippen molar-refractivity contribution in [3.05, 3.63) is 47.5 Å². The third-order valence-corrected chi connectivity index (χ3v) is 3.24. The van der Waals surface area contributed by atoms with Crippen molar-refractivity contribution in [1.82, 2.24) is 0 Å². The molecule has 2 rings (SSSR count). The molecule has 0 atom stereocenters. The maximum Gasteiger partial charge on any atom is -0.0146 e. The lowest BCUT2D eigenvalue weighted by Crippen LogP contribution is -1.95. The van der Waals surface area contributed by atoms with Gasteiger partial charge in [0.05, 0.1) is 0 Å². The van der Waals surface area contributed by atoms with Crippen LogP contribution in [0.3, 0.4) is 0 Å². The Hall–Kier alpha value is -1.30. The Balaban J connectivity index is 2.77. The van der Waals surface area contributed by atoms with Crippen molar-refractivity contribution < 1.29 is 0 Å². The van der Waals surface area contributed by atoms with Gasteiger partial charge in [-0.1, -0.05) is 64.1 Å². The molecule has 2 aromatic carbocycles. The summed E-state index contributed by atoms with van der Waals surface area (Å²) < 4.78 is 0. The van der Waals surface area contributed by atoms with E-state index in [4.69, 9.17) is 0 Å². The Morgan fingerprint density at radius 3 is 1.31 bits per heavy atom. The molecule has 2 aromatic rings. The largest absolute Gasteiger partial charge is 0.0616 e. The predicted molar refractivity (Wildman–Crippen MR) is 72.1 cm³/mol. The van der Waals surface area contributed by atoms with Crippen LogP contribution in [0.4, 0.5) is 0 Å². The zero-order valence-electron chi connectivity index (χ0n) is 10.6. The molecule has 0 nitrogen and oxygen atoms in total. The van der Waals surface area contributed by atoms with Crippen molar-refractivity contribution >= 4 is 10.8 Å². The first-order valence-corrected chi connectivity index (χ1v) is 6.12. The van der Waals surface area contributed by atoms with Crippen LogP contribution in [-0.2, 0) is 0 Å². The average Bonchev–Trinajstić information content (AvgIpc) is 2.27. The van der Waals surface area contributed by atoms with E-state index in [9.17, 15) is 0 Å². The van der Waals surface area contributed by atoms with E-state index in [0.29, 0.717) is 11.8 Å².